The van der Waals surface area contributed by atoms with Gasteiger partial charge in [-0.3, -0.25) is 4.79 Å². The summed E-state index contributed by atoms with van der Waals surface area (Å²) >= 11 is 6.22. The number of carboxylic acids is 1. The predicted octanol–water partition coefficient (Wildman–Crippen LogP) is 3.04. The van der Waals surface area contributed by atoms with Crippen molar-refractivity contribution in [2.75, 3.05) is 0 Å². The van der Waals surface area contributed by atoms with Crippen molar-refractivity contribution < 1.29 is 9.90 Å². The van der Waals surface area contributed by atoms with Crippen molar-refractivity contribution in [1.82, 2.24) is 5.32 Å². The Kier molecular flexibility index (Phi) is 4.83. The molecule has 1 aliphatic carbocycles. The summed E-state index contributed by atoms with van der Waals surface area (Å²) in [4.78, 5) is 11.2. The molecule has 2 atom stereocenters. The molecule has 1 aromatic carbocycles. The second-order valence-electron chi connectivity index (χ2n) is 5.16. The Morgan fingerprint density at radius 3 is 3.05 bits per heavy atom. The fraction of sp³-hybridized carbons (Fsp3) is 0.533. The van der Waals surface area contributed by atoms with E-state index in [1.165, 1.54) is 11.1 Å². The van der Waals surface area contributed by atoms with E-state index >= 15 is 0 Å². The third-order valence-corrected chi connectivity index (χ3v) is 4.09. The highest BCUT2D eigenvalue weighted by atomic mass is 35.5. The van der Waals surface area contributed by atoms with Crippen LogP contribution in [0.2, 0.25) is 5.02 Å². The van der Waals surface area contributed by atoms with Crippen LogP contribution in [-0.4, -0.2) is 23.2 Å². The van der Waals surface area contributed by atoms with Crippen LogP contribution < -0.4 is 5.32 Å². The first-order valence-electron chi connectivity index (χ1n) is 6.87. The minimum Gasteiger partial charge on any atom is -0.480 e. The van der Waals surface area contributed by atoms with Crippen molar-refractivity contribution >= 4 is 17.6 Å². The maximum atomic E-state index is 11.2. The summed E-state index contributed by atoms with van der Waals surface area (Å²) in [6, 6.07) is 5.76. The zero-order chi connectivity index (χ0) is 13.8. The maximum Gasteiger partial charge on any atom is 0.320 e. The first-order chi connectivity index (χ1) is 9.11. The number of hydrogen-bond acceptors (Lipinski definition) is 2. The molecule has 2 N–H and O–H groups in total. The smallest absolute Gasteiger partial charge is 0.320 e. The zero-order valence-electron chi connectivity index (χ0n) is 11.2. The van der Waals surface area contributed by atoms with Crippen LogP contribution in [-0.2, 0) is 17.6 Å². The molecule has 1 aromatic rings. The molecule has 0 heterocycles. The first kappa shape index (κ1) is 14.4. The number of nitrogens with one attached hydrogen (secondary N) is 1. The highest BCUT2D eigenvalue weighted by Crippen LogP contribution is 2.28. The molecule has 0 aromatic heterocycles. The lowest BCUT2D eigenvalue weighted by Crippen LogP contribution is -2.45. The number of carboxylic acid groups (broad SMARTS) is 1. The summed E-state index contributed by atoms with van der Waals surface area (Å²) in [5.74, 6) is -0.758. The van der Waals surface area contributed by atoms with Gasteiger partial charge < -0.3 is 10.4 Å². The molecule has 0 aliphatic heterocycles. The predicted molar refractivity (Wildman–Crippen MR) is 76.7 cm³/mol. The minimum absolute atomic E-state index is 0.208. The fourth-order valence-electron chi connectivity index (χ4n) is 2.74. The molecule has 0 saturated heterocycles. The van der Waals surface area contributed by atoms with E-state index < -0.39 is 12.0 Å². The summed E-state index contributed by atoms with van der Waals surface area (Å²) < 4.78 is 0. The van der Waals surface area contributed by atoms with Gasteiger partial charge in [0, 0.05) is 11.1 Å². The molecule has 1 aliphatic rings. The molecule has 1 unspecified atom stereocenters. The number of carbonyl (C=O) groups is 1. The van der Waals surface area contributed by atoms with E-state index in [4.69, 9.17) is 11.6 Å². The maximum absolute atomic E-state index is 11.2. The van der Waals surface area contributed by atoms with Gasteiger partial charge >= 0.3 is 5.97 Å². The highest BCUT2D eigenvalue weighted by Gasteiger charge is 2.25. The summed E-state index contributed by atoms with van der Waals surface area (Å²) in [5.41, 5.74) is 2.47. The Bertz CT molecular complexity index is 461. The Balaban J connectivity index is 2.05. The van der Waals surface area contributed by atoms with Crippen molar-refractivity contribution in [2.45, 2.75) is 51.1 Å². The summed E-state index contributed by atoms with van der Waals surface area (Å²) in [7, 11) is 0. The van der Waals surface area contributed by atoms with Crippen molar-refractivity contribution in [1.29, 1.82) is 0 Å². The summed E-state index contributed by atoms with van der Waals surface area (Å²) in [5, 5.41) is 13.3. The average molecular weight is 282 g/mol. The van der Waals surface area contributed by atoms with Crippen LogP contribution in [0.1, 0.15) is 37.3 Å². The van der Waals surface area contributed by atoms with Crippen LogP contribution in [0.5, 0.6) is 0 Å². The second-order valence-corrected chi connectivity index (χ2v) is 5.57. The quantitative estimate of drug-likeness (QED) is 0.872. The van der Waals surface area contributed by atoms with E-state index in [9.17, 15) is 9.90 Å². The number of hydrogen-bond donors (Lipinski definition) is 2. The van der Waals surface area contributed by atoms with E-state index in [1.807, 2.05) is 19.1 Å². The van der Waals surface area contributed by atoms with Gasteiger partial charge in [0.25, 0.3) is 0 Å². The molecular weight excluding hydrogens is 262 g/mol. The third kappa shape index (κ3) is 3.48. The number of halogens is 1. The number of rotatable bonds is 5. The minimum atomic E-state index is -0.758. The van der Waals surface area contributed by atoms with E-state index in [2.05, 4.69) is 11.4 Å². The zero-order valence-corrected chi connectivity index (χ0v) is 11.9. The van der Waals surface area contributed by atoms with Gasteiger partial charge in [0.2, 0.25) is 0 Å². The molecule has 2 rings (SSSR count). The van der Waals surface area contributed by atoms with E-state index in [-0.39, 0.29) is 6.04 Å². The Morgan fingerprint density at radius 1 is 1.58 bits per heavy atom. The Labute approximate surface area is 119 Å². The molecule has 0 fully saturated rings. The molecule has 0 saturated carbocycles. The van der Waals surface area contributed by atoms with Crippen LogP contribution in [0.15, 0.2) is 18.2 Å². The molecule has 0 bridgehead atoms. The van der Waals surface area contributed by atoms with Crippen LogP contribution in [0.3, 0.4) is 0 Å². The van der Waals surface area contributed by atoms with E-state index in [1.54, 1.807) is 0 Å². The number of aliphatic carboxylic acids is 1. The van der Waals surface area contributed by atoms with Crippen LogP contribution in [0.25, 0.3) is 0 Å². The van der Waals surface area contributed by atoms with Crippen molar-refractivity contribution in [3.8, 4) is 0 Å². The summed E-state index contributed by atoms with van der Waals surface area (Å²) in [6.07, 6.45) is 4.30. The first-order valence-corrected chi connectivity index (χ1v) is 7.24. The molecule has 4 heteroatoms. The standard InChI is InChI=1S/C15H20ClNO2/c1-2-4-14(15(18)19)17-11-8-7-10-5-3-6-13(16)12(10)9-11/h3,5-6,11,14,17H,2,4,7-9H2,1H3,(H,18,19)/t11?,14-/m0/s1. The van der Waals surface area contributed by atoms with Crippen molar-refractivity contribution in [2.24, 2.45) is 0 Å². The third-order valence-electron chi connectivity index (χ3n) is 3.74. The van der Waals surface area contributed by atoms with Crippen LogP contribution in [0, 0.1) is 0 Å². The van der Waals surface area contributed by atoms with Gasteiger partial charge in [-0.1, -0.05) is 37.1 Å². The molecular formula is C15H20ClNO2. The topological polar surface area (TPSA) is 49.3 Å². The fourth-order valence-corrected chi connectivity index (χ4v) is 3.01. The summed E-state index contributed by atoms with van der Waals surface area (Å²) in [6.45, 7) is 2.00. The van der Waals surface area contributed by atoms with Gasteiger partial charge in [-0.05, 0) is 42.9 Å². The number of fused-ring (bicyclic) bond motifs is 1. The highest BCUT2D eigenvalue weighted by molar-refractivity contribution is 6.31. The molecule has 104 valence electrons. The van der Waals surface area contributed by atoms with Crippen LogP contribution >= 0.6 is 11.6 Å². The molecule has 0 amide bonds. The van der Waals surface area contributed by atoms with Crippen molar-refractivity contribution in [3.05, 3.63) is 34.3 Å². The Hall–Kier alpha value is -1.06. The number of benzene rings is 1. The monoisotopic (exact) mass is 281 g/mol. The molecule has 0 spiro atoms. The van der Waals surface area contributed by atoms with Gasteiger partial charge in [0.1, 0.15) is 6.04 Å². The number of aryl methyl sites for hydroxylation is 1. The van der Waals surface area contributed by atoms with E-state index in [0.717, 1.165) is 30.7 Å². The van der Waals surface area contributed by atoms with Gasteiger partial charge in [0.15, 0.2) is 0 Å². The lowest BCUT2D eigenvalue weighted by Gasteiger charge is -2.28. The van der Waals surface area contributed by atoms with Gasteiger partial charge in [-0.25, -0.2) is 0 Å². The lowest BCUT2D eigenvalue weighted by molar-refractivity contribution is -0.139. The lowest BCUT2D eigenvalue weighted by atomic mass is 9.87. The molecule has 19 heavy (non-hydrogen) atoms. The van der Waals surface area contributed by atoms with Gasteiger partial charge in [-0.15, -0.1) is 0 Å². The second kappa shape index (κ2) is 6.40. The average Bonchev–Trinajstić information content (AvgIpc) is 2.39. The molecule has 0 radical (unpaired) electrons. The van der Waals surface area contributed by atoms with Gasteiger partial charge in [0.05, 0.1) is 0 Å². The normalized spacial score (nSPS) is 19.8. The molecule has 3 nitrogen and oxygen atoms in total. The SMILES string of the molecule is CCC[C@H](NC1CCc2cccc(Cl)c2C1)C(=O)O. The van der Waals surface area contributed by atoms with E-state index in [0.29, 0.717) is 6.42 Å². The van der Waals surface area contributed by atoms with Gasteiger partial charge in [-0.2, -0.15) is 0 Å². The Morgan fingerprint density at radius 2 is 2.37 bits per heavy atom. The largest absolute Gasteiger partial charge is 0.480 e. The van der Waals surface area contributed by atoms with Crippen molar-refractivity contribution in [3.63, 3.8) is 0 Å². The van der Waals surface area contributed by atoms with Crippen LogP contribution in [0.4, 0.5) is 0 Å².